The molecule has 0 aromatic carbocycles. The zero-order valence-corrected chi connectivity index (χ0v) is 22.8. The van der Waals surface area contributed by atoms with Crippen molar-refractivity contribution in [2.75, 3.05) is 19.0 Å². The molecule has 2 N–H and O–H groups in total. The SMILES string of the molecule is CCCCCCCCCCCCC(CCCCCCCS)C(C)OCCCOP(=O)(O)O. The van der Waals surface area contributed by atoms with Gasteiger partial charge in [-0.2, -0.15) is 12.6 Å². The Hall–Kier alpha value is 0.420. The van der Waals surface area contributed by atoms with Crippen molar-refractivity contribution >= 4 is 20.5 Å². The van der Waals surface area contributed by atoms with E-state index in [1.807, 2.05) is 0 Å². The van der Waals surface area contributed by atoms with Crippen molar-refractivity contribution in [1.29, 1.82) is 0 Å². The summed E-state index contributed by atoms with van der Waals surface area (Å²) in [6.45, 7) is 4.94. The number of phosphoric ester groups is 1. The first kappa shape index (κ1) is 32.4. The molecule has 0 aliphatic rings. The van der Waals surface area contributed by atoms with Crippen LogP contribution in [-0.2, 0) is 13.8 Å². The fourth-order valence-electron chi connectivity index (χ4n) is 4.20. The maximum atomic E-state index is 10.7. The molecule has 0 fully saturated rings. The standard InChI is InChI=1S/C25H53O5PS/c1-3-4-5-6-7-8-9-10-12-15-19-25(20-16-13-11-14-17-23-32)24(2)29-21-18-22-30-31(26,27)28/h24-25,32H,3-23H2,1-2H3,(H2,26,27,28). The molecule has 0 amide bonds. The molecule has 0 radical (unpaired) electrons. The quantitative estimate of drug-likeness (QED) is 0.0676. The predicted octanol–water partition coefficient (Wildman–Crippen LogP) is 8.09. The summed E-state index contributed by atoms with van der Waals surface area (Å²) in [5, 5.41) is 0. The molecular formula is C25H53O5PS. The van der Waals surface area contributed by atoms with Crippen LogP contribution in [0.1, 0.15) is 129 Å². The van der Waals surface area contributed by atoms with Gasteiger partial charge in [0.15, 0.2) is 0 Å². The molecule has 0 heterocycles. The molecular weight excluding hydrogens is 443 g/mol. The van der Waals surface area contributed by atoms with E-state index in [0.29, 0.717) is 18.9 Å². The molecule has 0 aliphatic carbocycles. The molecule has 2 atom stereocenters. The van der Waals surface area contributed by atoms with Crippen LogP contribution in [0.3, 0.4) is 0 Å². The smallest absolute Gasteiger partial charge is 0.378 e. The maximum Gasteiger partial charge on any atom is 0.469 e. The van der Waals surface area contributed by atoms with E-state index < -0.39 is 7.82 Å². The van der Waals surface area contributed by atoms with E-state index in [1.54, 1.807) is 0 Å². The third-order valence-corrected chi connectivity index (χ3v) is 7.09. The van der Waals surface area contributed by atoms with Gasteiger partial charge in [-0.1, -0.05) is 96.8 Å². The molecule has 0 aromatic rings. The van der Waals surface area contributed by atoms with Crippen LogP contribution < -0.4 is 0 Å². The van der Waals surface area contributed by atoms with Crippen LogP contribution in [0.4, 0.5) is 0 Å². The lowest BCUT2D eigenvalue weighted by Crippen LogP contribution is -2.22. The van der Waals surface area contributed by atoms with Crippen molar-refractivity contribution in [2.24, 2.45) is 5.92 Å². The van der Waals surface area contributed by atoms with Gasteiger partial charge >= 0.3 is 7.82 Å². The average molecular weight is 497 g/mol. The molecule has 0 aliphatic heterocycles. The summed E-state index contributed by atoms with van der Waals surface area (Å²) in [5.41, 5.74) is 0. The Morgan fingerprint density at radius 1 is 0.719 bits per heavy atom. The highest BCUT2D eigenvalue weighted by Crippen LogP contribution is 2.35. The number of phosphoric acid groups is 1. The molecule has 2 unspecified atom stereocenters. The molecule has 0 aromatic heterocycles. The Labute approximate surface area is 204 Å². The van der Waals surface area contributed by atoms with Crippen molar-refractivity contribution in [3.8, 4) is 0 Å². The number of hydrogen-bond donors (Lipinski definition) is 3. The third-order valence-electron chi connectivity index (χ3n) is 6.25. The number of ether oxygens (including phenoxy) is 1. The van der Waals surface area contributed by atoms with Gasteiger partial charge in [0.25, 0.3) is 0 Å². The van der Waals surface area contributed by atoms with Crippen molar-refractivity contribution < 1.29 is 23.6 Å². The first-order valence-corrected chi connectivity index (χ1v) is 15.5. The molecule has 0 saturated carbocycles. The number of unbranched alkanes of at least 4 members (excludes halogenated alkanes) is 13. The summed E-state index contributed by atoms with van der Waals surface area (Å²) >= 11 is 4.29. The van der Waals surface area contributed by atoms with Gasteiger partial charge in [-0.3, -0.25) is 4.52 Å². The summed E-state index contributed by atoms with van der Waals surface area (Å²) in [5.74, 6) is 1.55. The summed E-state index contributed by atoms with van der Waals surface area (Å²) in [7, 11) is -4.37. The predicted molar refractivity (Wildman–Crippen MR) is 140 cm³/mol. The van der Waals surface area contributed by atoms with Gasteiger partial charge in [-0.25, -0.2) is 4.57 Å². The molecule has 0 spiro atoms. The second-order valence-corrected chi connectivity index (χ2v) is 11.0. The fraction of sp³-hybridized carbons (Fsp3) is 1.00. The van der Waals surface area contributed by atoms with E-state index in [2.05, 4.69) is 31.0 Å². The summed E-state index contributed by atoms with van der Waals surface area (Å²) < 4.78 is 21.3. The highest BCUT2D eigenvalue weighted by atomic mass is 32.1. The zero-order chi connectivity index (χ0) is 23.9. The van der Waals surface area contributed by atoms with Crippen LogP contribution in [0.15, 0.2) is 0 Å². The first-order valence-electron chi connectivity index (χ1n) is 13.3. The van der Waals surface area contributed by atoms with E-state index >= 15 is 0 Å². The molecule has 32 heavy (non-hydrogen) atoms. The largest absolute Gasteiger partial charge is 0.469 e. The minimum atomic E-state index is -4.37. The van der Waals surface area contributed by atoms with E-state index in [-0.39, 0.29) is 12.7 Å². The summed E-state index contributed by atoms with van der Waals surface area (Å²) in [4.78, 5) is 17.5. The zero-order valence-electron chi connectivity index (χ0n) is 21.0. The van der Waals surface area contributed by atoms with E-state index in [0.717, 1.165) is 5.75 Å². The lowest BCUT2D eigenvalue weighted by Gasteiger charge is -2.24. The van der Waals surface area contributed by atoms with Crippen molar-refractivity contribution in [3.63, 3.8) is 0 Å². The molecule has 194 valence electrons. The Morgan fingerprint density at radius 3 is 1.66 bits per heavy atom. The van der Waals surface area contributed by atoms with Gasteiger partial charge in [0, 0.05) is 6.61 Å². The number of hydrogen-bond acceptors (Lipinski definition) is 4. The molecule has 0 bridgehead atoms. The second-order valence-electron chi connectivity index (χ2n) is 9.26. The maximum absolute atomic E-state index is 10.7. The minimum absolute atomic E-state index is 0.0330. The Bertz CT molecular complexity index is 433. The van der Waals surface area contributed by atoms with Gasteiger partial charge in [-0.15, -0.1) is 0 Å². The van der Waals surface area contributed by atoms with Crippen molar-refractivity contribution in [2.45, 2.75) is 136 Å². The van der Waals surface area contributed by atoms with E-state index in [1.165, 1.54) is 109 Å². The van der Waals surface area contributed by atoms with Gasteiger partial charge in [0.1, 0.15) is 0 Å². The Morgan fingerprint density at radius 2 is 1.19 bits per heavy atom. The lowest BCUT2D eigenvalue weighted by atomic mass is 9.90. The summed E-state index contributed by atoms with van der Waals surface area (Å²) in [6, 6.07) is 0. The molecule has 7 heteroatoms. The van der Waals surface area contributed by atoms with Crippen molar-refractivity contribution in [3.05, 3.63) is 0 Å². The molecule has 5 nitrogen and oxygen atoms in total. The van der Waals surface area contributed by atoms with Crippen molar-refractivity contribution in [1.82, 2.24) is 0 Å². The van der Waals surface area contributed by atoms with Crippen LogP contribution in [0.25, 0.3) is 0 Å². The normalized spacial score (nSPS) is 14.0. The topological polar surface area (TPSA) is 76.0 Å². The molecule has 0 saturated heterocycles. The minimum Gasteiger partial charge on any atom is -0.378 e. The van der Waals surface area contributed by atoms with Gasteiger partial charge in [0.05, 0.1) is 12.7 Å². The first-order chi connectivity index (χ1) is 15.4. The fourth-order valence-corrected chi connectivity index (χ4v) is 4.79. The van der Waals surface area contributed by atoms with Crippen LogP contribution >= 0.6 is 20.5 Å². The van der Waals surface area contributed by atoms with E-state index in [4.69, 9.17) is 14.5 Å². The second kappa shape index (κ2) is 23.2. The monoisotopic (exact) mass is 496 g/mol. The Kier molecular flexibility index (Phi) is 23.5. The summed E-state index contributed by atoms with van der Waals surface area (Å²) in [6.07, 6.45) is 23.0. The highest BCUT2D eigenvalue weighted by molar-refractivity contribution is 7.80. The van der Waals surface area contributed by atoms with Crippen LogP contribution in [0, 0.1) is 5.92 Å². The third kappa shape index (κ3) is 23.6. The van der Waals surface area contributed by atoms with E-state index in [9.17, 15) is 4.57 Å². The van der Waals surface area contributed by atoms with Crippen LogP contribution in [0.2, 0.25) is 0 Å². The highest BCUT2D eigenvalue weighted by Gasteiger charge is 2.18. The van der Waals surface area contributed by atoms with Gasteiger partial charge < -0.3 is 14.5 Å². The number of thiol groups is 1. The van der Waals surface area contributed by atoms with Gasteiger partial charge in [-0.05, 0) is 44.3 Å². The Balaban J connectivity index is 4.06. The lowest BCUT2D eigenvalue weighted by molar-refractivity contribution is 0.0113. The molecule has 0 rings (SSSR count). The van der Waals surface area contributed by atoms with Gasteiger partial charge in [0.2, 0.25) is 0 Å². The average Bonchev–Trinajstić information content (AvgIpc) is 2.74. The van der Waals surface area contributed by atoms with Crippen LogP contribution in [-0.4, -0.2) is 34.9 Å². The van der Waals surface area contributed by atoms with Crippen LogP contribution in [0.5, 0.6) is 0 Å². The number of rotatable bonds is 25.